The Labute approximate surface area is 175 Å². The number of hydrogen-bond acceptors (Lipinski definition) is 8. The van der Waals surface area contributed by atoms with Crippen molar-refractivity contribution in [1.29, 1.82) is 0 Å². The van der Waals surface area contributed by atoms with Gasteiger partial charge in [-0.1, -0.05) is 17.1 Å². The molecule has 0 aliphatic rings. The number of carbonyl (C=O) groups excluding carboxylic acids is 1. The molecule has 31 heavy (non-hydrogen) atoms. The van der Waals surface area contributed by atoms with Gasteiger partial charge in [0.05, 0.1) is 25.5 Å². The first kappa shape index (κ1) is 19.8. The molecule has 3 aromatic heterocycles. The summed E-state index contributed by atoms with van der Waals surface area (Å²) in [6, 6.07) is 9.16. The fourth-order valence-corrected chi connectivity index (χ4v) is 2.81. The van der Waals surface area contributed by atoms with E-state index in [0.29, 0.717) is 12.2 Å². The molecule has 3 heterocycles. The summed E-state index contributed by atoms with van der Waals surface area (Å²) in [6.45, 7) is 0.596. The molecular weight excluding hydrogens is 406 g/mol. The predicted octanol–water partition coefficient (Wildman–Crippen LogP) is 1.39. The zero-order chi connectivity index (χ0) is 21.8. The van der Waals surface area contributed by atoms with Crippen LogP contribution in [0.4, 0.5) is 11.6 Å². The first-order valence-corrected chi connectivity index (χ1v) is 9.04. The molecular formula is C18H17N9O4. The van der Waals surface area contributed by atoms with E-state index in [1.54, 1.807) is 30.4 Å². The maximum absolute atomic E-state index is 12.5. The molecule has 0 spiro atoms. The molecule has 158 valence electrons. The van der Waals surface area contributed by atoms with E-state index >= 15 is 0 Å². The molecule has 13 heteroatoms. The van der Waals surface area contributed by atoms with Gasteiger partial charge in [-0.25, -0.2) is 4.68 Å². The fraction of sp³-hybridized carbons (Fsp3) is 0.167. The summed E-state index contributed by atoms with van der Waals surface area (Å²) < 4.78 is 9.57. The number of ether oxygens (including phenoxy) is 1. The summed E-state index contributed by atoms with van der Waals surface area (Å²) >= 11 is 0. The Bertz CT molecular complexity index is 1230. The minimum Gasteiger partial charge on any atom is -0.497 e. The number of amides is 1. The van der Waals surface area contributed by atoms with Gasteiger partial charge >= 0.3 is 5.95 Å². The molecule has 1 amide bonds. The van der Waals surface area contributed by atoms with Crippen molar-refractivity contribution >= 4 is 17.5 Å². The molecule has 0 unspecified atom stereocenters. The Hall–Kier alpha value is -4.55. The van der Waals surface area contributed by atoms with Gasteiger partial charge in [0.1, 0.15) is 5.75 Å². The summed E-state index contributed by atoms with van der Waals surface area (Å²) in [6.07, 6.45) is 6.04. The highest BCUT2D eigenvalue weighted by Crippen LogP contribution is 2.15. The standard InChI is InChI=1S/C18H17N9O4/c1-31-15-4-2-3-13(7-15)9-25-10-14(8-20-25)21-17(28)16-5-6-24(22-16)12-26-11-19-18(23-26)27(29)30/h2-8,10-11H,9,12H2,1H3,(H,21,28). The van der Waals surface area contributed by atoms with Crippen LogP contribution in [-0.2, 0) is 13.2 Å². The summed E-state index contributed by atoms with van der Waals surface area (Å²) in [5.74, 6) is -0.158. The molecule has 0 saturated carbocycles. The van der Waals surface area contributed by atoms with Gasteiger partial charge in [-0.15, -0.1) is 0 Å². The lowest BCUT2D eigenvalue weighted by Gasteiger charge is -2.04. The number of nitrogens with zero attached hydrogens (tertiary/aromatic N) is 8. The monoisotopic (exact) mass is 423 g/mol. The zero-order valence-electron chi connectivity index (χ0n) is 16.3. The highest BCUT2D eigenvalue weighted by atomic mass is 16.6. The zero-order valence-corrected chi connectivity index (χ0v) is 16.3. The molecule has 0 aliphatic carbocycles. The third kappa shape index (κ3) is 4.72. The van der Waals surface area contributed by atoms with E-state index in [2.05, 4.69) is 25.6 Å². The fourth-order valence-electron chi connectivity index (χ4n) is 2.81. The van der Waals surface area contributed by atoms with E-state index in [1.165, 1.54) is 21.8 Å². The molecule has 0 fully saturated rings. The normalized spacial score (nSPS) is 10.7. The number of carbonyl (C=O) groups is 1. The number of rotatable bonds is 8. The van der Waals surface area contributed by atoms with Crippen molar-refractivity contribution < 1.29 is 14.5 Å². The second-order valence-corrected chi connectivity index (χ2v) is 6.46. The molecule has 13 nitrogen and oxygen atoms in total. The lowest BCUT2D eigenvalue weighted by molar-refractivity contribution is -0.394. The maximum Gasteiger partial charge on any atom is 0.491 e. The highest BCUT2D eigenvalue weighted by Gasteiger charge is 2.15. The van der Waals surface area contributed by atoms with E-state index in [9.17, 15) is 14.9 Å². The molecule has 1 aromatic carbocycles. The number of aromatic nitrogens is 7. The van der Waals surface area contributed by atoms with Crippen LogP contribution in [0.15, 0.2) is 55.2 Å². The smallest absolute Gasteiger partial charge is 0.491 e. The first-order chi connectivity index (χ1) is 15.0. The minimum absolute atomic E-state index is 0.0760. The summed E-state index contributed by atoms with van der Waals surface area (Å²) in [5.41, 5.74) is 1.71. The highest BCUT2D eigenvalue weighted by molar-refractivity contribution is 6.02. The van der Waals surface area contributed by atoms with Crippen molar-refractivity contribution in [3.8, 4) is 5.75 Å². The van der Waals surface area contributed by atoms with Gasteiger partial charge < -0.3 is 20.2 Å². The number of nitrogens with one attached hydrogen (secondary N) is 1. The van der Waals surface area contributed by atoms with E-state index in [1.807, 2.05) is 24.3 Å². The lowest BCUT2D eigenvalue weighted by Crippen LogP contribution is -2.14. The number of nitro groups is 1. The molecule has 4 rings (SSSR count). The predicted molar refractivity (Wildman–Crippen MR) is 107 cm³/mol. The minimum atomic E-state index is -0.688. The van der Waals surface area contributed by atoms with Crippen molar-refractivity contribution in [2.45, 2.75) is 13.2 Å². The molecule has 4 aromatic rings. The second kappa shape index (κ2) is 8.44. The molecule has 1 N–H and O–H groups in total. The average molecular weight is 423 g/mol. The van der Waals surface area contributed by atoms with E-state index in [-0.39, 0.29) is 12.4 Å². The van der Waals surface area contributed by atoms with Crippen molar-refractivity contribution in [3.63, 3.8) is 0 Å². The average Bonchev–Trinajstić information content (AvgIpc) is 3.50. The number of benzene rings is 1. The molecule has 0 bridgehead atoms. The van der Waals surface area contributed by atoms with Crippen LogP contribution in [0, 0.1) is 10.1 Å². The largest absolute Gasteiger partial charge is 0.497 e. The Morgan fingerprint density at radius 1 is 1.23 bits per heavy atom. The van der Waals surface area contributed by atoms with Crippen LogP contribution in [0.3, 0.4) is 0 Å². The van der Waals surface area contributed by atoms with Crippen molar-refractivity contribution in [1.82, 2.24) is 34.3 Å². The third-order valence-electron chi connectivity index (χ3n) is 4.22. The van der Waals surface area contributed by atoms with Gasteiger partial charge in [0, 0.05) is 17.5 Å². The SMILES string of the molecule is COc1cccc(Cn2cc(NC(=O)c3ccn(Cn4cnc([N+](=O)[O-])n4)n3)cn2)c1. The lowest BCUT2D eigenvalue weighted by atomic mass is 10.2. The van der Waals surface area contributed by atoms with Crippen LogP contribution in [0.1, 0.15) is 16.1 Å². The van der Waals surface area contributed by atoms with Crippen LogP contribution in [0.2, 0.25) is 0 Å². The van der Waals surface area contributed by atoms with Gasteiger partial charge in [-0.3, -0.25) is 9.48 Å². The van der Waals surface area contributed by atoms with E-state index < -0.39 is 16.8 Å². The van der Waals surface area contributed by atoms with E-state index in [4.69, 9.17) is 4.74 Å². The number of methoxy groups -OCH3 is 1. The quantitative estimate of drug-likeness (QED) is 0.330. The molecule has 0 radical (unpaired) electrons. The van der Waals surface area contributed by atoms with Crippen LogP contribution in [0.25, 0.3) is 0 Å². The maximum atomic E-state index is 12.5. The van der Waals surface area contributed by atoms with E-state index in [0.717, 1.165) is 11.3 Å². The Kier molecular flexibility index (Phi) is 5.38. The summed E-state index contributed by atoms with van der Waals surface area (Å²) in [4.78, 5) is 26.0. The van der Waals surface area contributed by atoms with Gasteiger partial charge in [-0.2, -0.15) is 14.9 Å². The summed E-state index contributed by atoms with van der Waals surface area (Å²) in [5, 5.41) is 25.5. The Morgan fingerprint density at radius 3 is 2.87 bits per heavy atom. The van der Waals surface area contributed by atoms with Gasteiger partial charge in [0.25, 0.3) is 5.91 Å². The number of anilines is 1. The molecule has 0 saturated heterocycles. The first-order valence-electron chi connectivity index (χ1n) is 9.04. The van der Waals surface area contributed by atoms with Crippen molar-refractivity contribution in [2.24, 2.45) is 0 Å². The van der Waals surface area contributed by atoms with Gasteiger partial charge in [0.15, 0.2) is 12.4 Å². The summed E-state index contributed by atoms with van der Waals surface area (Å²) in [7, 11) is 1.61. The number of hydrogen-bond donors (Lipinski definition) is 1. The molecule has 0 aliphatic heterocycles. The Balaban J connectivity index is 1.37. The van der Waals surface area contributed by atoms with Crippen LogP contribution < -0.4 is 10.1 Å². The van der Waals surface area contributed by atoms with Crippen molar-refractivity contribution in [3.05, 3.63) is 76.6 Å². The van der Waals surface area contributed by atoms with Crippen molar-refractivity contribution in [2.75, 3.05) is 12.4 Å². The van der Waals surface area contributed by atoms with Crippen LogP contribution in [-0.4, -0.2) is 52.3 Å². The van der Waals surface area contributed by atoms with Crippen LogP contribution >= 0.6 is 0 Å². The third-order valence-corrected chi connectivity index (χ3v) is 4.22. The van der Waals surface area contributed by atoms with Gasteiger partial charge in [-0.05, 0) is 28.7 Å². The van der Waals surface area contributed by atoms with Crippen LogP contribution in [0.5, 0.6) is 5.75 Å². The second-order valence-electron chi connectivity index (χ2n) is 6.46. The van der Waals surface area contributed by atoms with Gasteiger partial charge in [0.2, 0.25) is 6.33 Å². The topological polar surface area (TPSA) is 148 Å². The molecule has 0 atom stereocenters. The Morgan fingerprint density at radius 2 is 2.10 bits per heavy atom.